The molecule has 2 rings (SSSR count). The average Bonchev–Trinajstić information content (AvgIpc) is 2.48. The van der Waals surface area contributed by atoms with Crippen LogP contribution in [0.4, 0.5) is 5.95 Å². The Morgan fingerprint density at radius 2 is 2.10 bits per heavy atom. The molecule has 116 valence electrons. The van der Waals surface area contributed by atoms with E-state index in [-0.39, 0.29) is 5.91 Å². The SMILES string of the molecule is CC(C)CCNC(=O)c1ccnc(NC2CCCCC2)n1. The molecular weight excluding hydrogens is 264 g/mol. The minimum atomic E-state index is -0.121. The number of aromatic nitrogens is 2. The molecular formula is C16H26N4O. The Morgan fingerprint density at radius 1 is 1.33 bits per heavy atom. The Balaban J connectivity index is 1.88. The molecule has 0 radical (unpaired) electrons. The predicted octanol–water partition coefficient (Wildman–Crippen LogP) is 3.00. The zero-order valence-electron chi connectivity index (χ0n) is 13.1. The van der Waals surface area contributed by atoms with Crippen molar-refractivity contribution in [1.29, 1.82) is 0 Å². The van der Waals surface area contributed by atoms with Gasteiger partial charge in [0, 0.05) is 18.8 Å². The third-order valence-electron chi connectivity index (χ3n) is 3.83. The molecule has 1 fully saturated rings. The Kier molecular flexibility index (Phi) is 5.96. The first-order valence-electron chi connectivity index (χ1n) is 8.03. The molecule has 1 aliphatic rings. The summed E-state index contributed by atoms with van der Waals surface area (Å²) in [5, 5.41) is 6.25. The van der Waals surface area contributed by atoms with Crippen LogP contribution in [0.3, 0.4) is 0 Å². The highest BCUT2D eigenvalue weighted by Crippen LogP contribution is 2.20. The summed E-state index contributed by atoms with van der Waals surface area (Å²) in [6.45, 7) is 4.97. The Morgan fingerprint density at radius 3 is 2.81 bits per heavy atom. The number of amides is 1. The van der Waals surface area contributed by atoms with E-state index in [0.29, 0.717) is 30.1 Å². The average molecular weight is 290 g/mol. The van der Waals surface area contributed by atoms with Crippen molar-refractivity contribution in [3.63, 3.8) is 0 Å². The van der Waals surface area contributed by atoms with Crippen LogP contribution in [-0.4, -0.2) is 28.5 Å². The van der Waals surface area contributed by atoms with E-state index in [1.807, 2.05) is 0 Å². The first kappa shape index (κ1) is 15.7. The van der Waals surface area contributed by atoms with E-state index < -0.39 is 0 Å². The summed E-state index contributed by atoms with van der Waals surface area (Å²) in [7, 11) is 0. The number of rotatable bonds is 6. The largest absolute Gasteiger partial charge is 0.351 e. The van der Waals surface area contributed by atoms with E-state index in [9.17, 15) is 4.79 Å². The van der Waals surface area contributed by atoms with Gasteiger partial charge in [0.2, 0.25) is 5.95 Å². The maximum Gasteiger partial charge on any atom is 0.270 e. The normalized spacial score (nSPS) is 16.0. The van der Waals surface area contributed by atoms with Crippen molar-refractivity contribution < 1.29 is 4.79 Å². The van der Waals surface area contributed by atoms with Gasteiger partial charge < -0.3 is 10.6 Å². The molecule has 0 spiro atoms. The van der Waals surface area contributed by atoms with Gasteiger partial charge >= 0.3 is 0 Å². The van der Waals surface area contributed by atoms with Gasteiger partial charge in [0.15, 0.2) is 0 Å². The van der Waals surface area contributed by atoms with Gasteiger partial charge in [0.05, 0.1) is 0 Å². The zero-order chi connectivity index (χ0) is 15.1. The molecule has 0 bridgehead atoms. The topological polar surface area (TPSA) is 66.9 Å². The van der Waals surface area contributed by atoms with Crippen molar-refractivity contribution in [2.24, 2.45) is 5.92 Å². The predicted molar refractivity (Wildman–Crippen MR) is 84.3 cm³/mol. The number of hydrogen-bond acceptors (Lipinski definition) is 4. The van der Waals surface area contributed by atoms with E-state index in [1.54, 1.807) is 12.3 Å². The summed E-state index contributed by atoms with van der Waals surface area (Å²) < 4.78 is 0. The van der Waals surface area contributed by atoms with Gasteiger partial charge in [-0.3, -0.25) is 4.79 Å². The highest BCUT2D eigenvalue weighted by Gasteiger charge is 2.15. The quantitative estimate of drug-likeness (QED) is 0.845. The second kappa shape index (κ2) is 7.96. The van der Waals surface area contributed by atoms with Gasteiger partial charge in [-0.2, -0.15) is 0 Å². The third kappa shape index (κ3) is 5.33. The monoisotopic (exact) mass is 290 g/mol. The van der Waals surface area contributed by atoms with Crippen LogP contribution in [0.5, 0.6) is 0 Å². The molecule has 1 saturated carbocycles. The van der Waals surface area contributed by atoms with E-state index in [2.05, 4.69) is 34.4 Å². The molecule has 5 nitrogen and oxygen atoms in total. The minimum Gasteiger partial charge on any atom is -0.351 e. The first-order valence-corrected chi connectivity index (χ1v) is 8.03. The highest BCUT2D eigenvalue weighted by molar-refractivity contribution is 5.92. The molecule has 0 atom stereocenters. The highest BCUT2D eigenvalue weighted by atomic mass is 16.1. The van der Waals surface area contributed by atoms with E-state index in [4.69, 9.17) is 0 Å². The van der Waals surface area contributed by atoms with Crippen LogP contribution in [0.2, 0.25) is 0 Å². The van der Waals surface area contributed by atoms with Gasteiger partial charge in [-0.25, -0.2) is 9.97 Å². The van der Waals surface area contributed by atoms with Crippen LogP contribution in [0.25, 0.3) is 0 Å². The maximum absolute atomic E-state index is 12.0. The van der Waals surface area contributed by atoms with Crippen LogP contribution in [-0.2, 0) is 0 Å². The van der Waals surface area contributed by atoms with Crippen LogP contribution < -0.4 is 10.6 Å². The fourth-order valence-corrected chi connectivity index (χ4v) is 2.55. The lowest BCUT2D eigenvalue weighted by molar-refractivity contribution is 0.0947. The number of carbonyl (C=O) groups is 1. The number of anilines is 1. The van der Waals surface area contributed by atoms with Crippen molar-refractivity contribution >= 4 is 11.9 Å². The fraction of sp³-hybridized carbons (Fsp3) is 0.688. The molecule has 0 unspecified atom stereocenters. The second-order valence-corrected chi connectivity index (χ2v) is 6.18. The Labute approximate surface area is 127 Å². The number of carbonyl (C=O) groups excluding carboxylic acids is 1. The van der Waals surface area contributed by atoms with Crippen LogP contribution in [0, 0.1) is 5.92 Å². The molecule has 2 N–H and O–H groups in total. The summed E-state index contributed by atoms with van der Waals surface area (Å²) >= 11 is 0. The van der Waals surface area contributed by atoms with Crippen molar-refractivity contribution in [2.45, 2.75) is 58.4 Å². The summed E-state index contributed by atoms with van der Waals surface area (Å²) in [6, 6.07) is 2.11. The molecule has 1 amide bonds. The summed E-state index contributed by atoms with van der Waals surface area (Å²) in [5.74, 6) is 1.03. The van der Waals surface area contributed by atoms with Crippen LogP contribution in [0.1, 0.15) is 62.9 Å². The molecule has 1 aromatic heterocycles. The second-order valence-electron chi connectivity index (χ2n) is 6.18. The van der Waals surface area contributed by atoms with Crippen molar-refractivity contribution in [3.05, 3.63) is 18.0 Å². The molecule has 1 aromatic rings. The lowest BCUT2D eigenvalue weighted by Gasteiger charge is -2.22. The standard InChI is InChI=1S/C16H26N4O/c1-12(2)8-10-17-15(21)14-9-11-18-16(20-14)19-13-6-4-3-5-7-13/h9,11-13H,3-8,10H2,1-2H3,(H,17,21)(H,18,19,20). The summed E-state index contributed by atoms with van der Waals surface area (Å²) in [5.41, 5.74) is 0.437. The lowest BCUT2D eigenvalue weighted by Crippen LogP contribution is -2.27. The lowest BCUT2D eigenvalue weighted by atomic mass is 9.96. The van der Waals surface area contributed by atoms with Crippen molar-refractivity contribution in [3.8, 4) is 0 Å². The summed E-state index contributed by atoms with van der Waals surface area (Å²) in [4.78, 5) is 20.6. The molecule has 5 heteroatoms. The zero-order valence-corrected chi connectivity index (χ0v) is 13.1. The summed E-state index contributed by atoms with van der Waals surface area (Å²) in [6.07, 6.45) is 8.78. The van der Waals surface area contributed by atoms with Crippen LogP contribution >= 0.6 is 0 Å². The third-order valence-corrected chi connectivity index (χ3v) is 3.83. The Bertz CT molecular complexity index is 455. The molecule has 1 heterocycles. The van der Waals surface area contributed by atoms with E-state index >= 15 is 0 Å². The van der Waals surface area contributed by atoms with E-state index in [0.717, 1.165) is 19.3 Å². The number of hydrogen-bond donors (Lipinski definition) is 2. The Hall–Kier alpha value is -1.65. The molecule has 0 saturated heterocycles. The van der Waals surface area contributed by atoms with Crippen molar-refractivity contribution in [2.75, 3.05) is 11.9 Å². The molecule has 0 aliphatic heterocycles. The number of nitrogens with zero attached hydrogens (tertiary/aromatic N) is 2. The van der Waals surface area contributed by atoms with Gasteiger partial charge in [-0.15, -0.1) is 0 Å². The van der Waals surface area contributed by atoms with Gasteiger partial charge in [-0.05, 0) is 31.2 Å². The van der Waals surface area contributed by atoms with Gasteiger partial charge in [0.1, 0.15) is 5.69 Å². The van der Waals surface area contributed by atoms with E-state index in [1.165, 1.54) is 19.3 Å². The molecule has 1 aliphatic carbocycles. The number of nitrogens with one attached hydrogen (secondary N) is 2. The van der Waals surface area contributed by atoms with Crippen molar-refractivity contribution in [1.82, 2.24) is 15.3 Å². The van der Waals surface area contributed by atoms with Crippen LogP contribution in [0.15, 0.2) is 12.3 Å². The smallest absolute Gasteiger partial charge is 0.270 e. The fourth-order valence-electron chi connectivity index (χ4n) is 2.55. The molecule has 21 heavy (non-hydrogen) atoms. The van der Waals surface area contributed by atoms with Gasteiger partial charge in [-0.1, -0.05) is 33.1 Å². The maximum atomic E-state index is 12.0. The minimum absolute atomic E-state index is 0.121. The van der Waals surface area contributed by atoms with Gasteiger partial charge in [0.25, 0.3) is 5.91 Å². The first-order chi connectivity index (χ1) is 10.1. The molecule has 0 aromatic carbocycles.